The largest absolute Gasteiger partial charge is 0.508 e. The van der Waals surface area contributed by atoms with Gasteiger partial charge >= 0.3 is 5.97 Å². The third kappa shape index (κ3) is 4.45. The standard InChI is InChI=1S/C13H17NO4/c1-2-3-12(16)14-11(13(17)18)8-9-4-6-10(15)7-5-9/h4-7,11,15H,2-3,8H2,1H3,(H,14,16)(H,17,18)/t11-/m0/s1. The maximum absolute atomic E-state index is 11.4. The van der Waals surface area contributed by atoms with E-state index in [-0.39, 0.29) is 18.1 Å². The number of carbonyl (C=O) groups excluding carboxylic acids is 1. The summed E-state index contributed by atoms with van der Waals surface area (Å²) in [5.41, 5.74) is 0.747. The van der Waals surface area contributed by atoms with Crippen molar-refractivity contribution in [1.82, 2.24) is 5.32 Å². The number of hydrogen-bond acceptors (Lipinski definition) is 3. The molecular formula is C13H17NO4. The number of carboxylic acids is 1. The highest BCUT2D eigenvalue weighted by molar-refractivity contribution is 5.83. The number of carbonyl (C=O) groups is 2. The fourth-order valence-corrected chi connectivity index (χ4v) is 1.56. The summed E-state index contributed by atoms with van der Waals surface area (Å²) in [6.07, 6.45) is 1.20. The van der Waals surface area contributed by atoms with E-state index in [9.17, 15) is 9.59 Å². The van der Waals surface area contributed by atoms with Crippen molar-refractivity contribution in [2.24, 2.45) is 0 Å². The van der Waals surface area contributed by atoms with Crippen LogP contribution in [0.3, 0.4) is 0 Å². The Balaban J connectivity index is 2.65. The third-order valence-corrected chi connectivity index (χ3v) is 2.49. The summed E-state index contributed by atoms with van der Waals surface area (Å²) in [6, 6.07) is 5.31. The van der Waals surface area contributed by atoms with E-state index >= 15 is 0 Å². The summed E-state index contributed by atoms with van der Waals surface area (Å²) in [6.45, 7) is 1.86. The number of hydrogen-bond donors (Lipinski definition) is 3. The molecule has 0 saturated carbocycles. The second-order valence-corrected chi connectivity index (χ2v) is 4.08. The zero-order chi connectivity index (χ0) is 13.5. The highest BCUT2D eigenvalue weighted by Gasteiger charge is 2.19. The molecule has 1 rings (SSSR count). The van der Waals surface area contributed by atoms with Crippen LogP contribution in [0.1, 0.15) is 25.3 Å². The summed E-state index contributed by atoms with van der Waals surface area (Å²) in [5, 5.41) is 20.7. The Labute approximate surface area is 105 Å². The molecule has 1 aromatic rings. The Morgan fingerprint density at radius 2 is 1.89 bits per heavy atom. The van der Waals surface area contributed by atoms with Gasteiger partial charge in [-0.1, -0.05) is 19.1 Å². The van der Waals surface area contributed by atoms with Crippen molar-refractivity contribution in [1.29, 1.82) is 0 Å². The van der Waals surface area contributed by atoms with Crippen molar-refractivity contribution in [3.8, 4) is 5.75 Å². The van der Waals surface area contributed by atoms with Crippen LogP contribution in [0.25, 0.3) is 0 Å². The molecule has 0 aliphatic rings. The van der Waals surface area contributed by atoms with Crippen LogP contribution in [0.5, 0.6) is 5.75 Å². The van der Waals surface area contributed by atoms with Crippen LogP contribution in [0.2, 0.25) is 0 Å². The van der Waals surface area contributed by atoms with E-state index in [4.69, 9.17) is 10.2 Å². The Morgan fingerprint density at radius 3 is 2.39 bits per heavy atom. The van der Waals surface area contributed by atoms with Crippen LogP contribution in [0.4, 0.5) is 0 Å². The molecule has 0 heterocycles. The van der Waals surface area contributed by atoms with Crippen molar-refractivity contribution >= 4 is 11.9 Å². The number of nitrogens with one attached hydrogen (secondary N) is 1. The molecule has 0 bridgehead atoms. The number of benzene rings is 1. The lowest BCUT2D eigenvalue weighted by molar-refractivity contribution is -0.141. The minimum Gasteiger partial charge on any atom is -0.508 e. The van der Waals surface area contributed by atoms with Crippen LogP contribution < -0.4 is 5.32 Å². The number of phenols is 1. The molecular weight excluding hydrogens is 234 g/mol. The Bertz CT molecular complexity index is 414. The Hall–Kier alpha value is -2.04. The van der Waals surface area contributed by atoms with Gasteiger partial charge in [0.1, 0.15) is 11.8 Å². The molecule has 98 valence electrons. The van der Waals surface area contributed by atoms with Crippen molar-refractivity contribution in [2.45, 2.75) is 32.2 Å². The highest BCUT2D eigenvalue weighted by Crippen LogP contribution is 2.11. The van der Waals surface area contributed by atoms with Gasteiger partial charge in [-0.15, -0.1) is 0 Å². The van der Waals surface area contributed by atoms with E-state index in [1.54, 1.807) is 12.1 Å². The molecule has 0 spiro atoms. The Morgan fingerprint density at radius 1 is 1.28 bits per heavy atom. The number of rotatable bonds is 6. The van der Waals surface area contributed by atoms with Gasteiger partial charge in [-0.05, 0) is 24.1 Å². The third-order valence-electron chi connectivity index (χ3n) is 2.49. The van der Waals surface area contributed by atoms with Crippen molar-refractivity contribution in [3.05, 3.63) is 29.8 Å². The van der Waals surface area contributed by atoms with Crippen LogP contribution in [0, 0.1) is 0 Å². The first-order valence-electron chi connectivity index (χ1n) is 5.83. The lowest BCUT2D eigenvalue weighted by Gasteiger charge is -2.14. The van der Waals surface area contributed by atoms with Gasteiger partial charge in [0, 0.05) is 12.8 Å². The van der Waals surface area contributed by atoms with Crippen LogP contribution in [-0.2, 0) is 16.0 Å². The van der Waals surface area contributed by atoms with Crippen molar-refractivity contribution in [2.75, 3.05) is 0 Å². The molecule has 1 atom stereocenters. The van der Waals surface area contributed by atoms with Gasteiger partial charge < -0.3 is 15.5 Å². The average molecular weight is 251 g/mol. The van der Waals surface area contributed by atoms with Gasteiger partial charge in [0.25, 0.3) is 0 Å². The molecule has 0 fully saturated rings. The van der Waals surface area contributed by atoms with Gasteiger partial charge in [-0.3, -0.25) is 4.79 Å². The van der Waals surface area contributed by atoms with E-state index in [1.165, 1.54) is 12.1 Å². The van der Waals surface area contributed by atoms with Crippen molar-refractivity contribution in [3.63, 3.8) is 0 Å². The molecule has 1 amide bonds. The topological polar surface area (TPSA) is 86.6 Å². The minimum atomic E-state index is -1.06. The summed E-state index contributed by atoms with van der Waals surface area (Å²) >= 11 is 0. The molecule has 1 aromatic carbocycles. The fraction of sp³-hybridized carbons (Fsp3) is 0.385. The monoisotopic (exact) mass is 251 g/mol. The molecule has 0 radical (unpaired) electrons. The fourth-order valence-electron chi connectivity index (χ4n) is 1.56. The molecule has 0 aliphatic carbocycles. The zero-order valence-electron chi connectivity index (χ0n) is 10.2. The average Bonchev–Trinajstić information content (AvgIpc) is 2.31. The molecule has 18 heavy (non-hydrogen) atoms. The van der Waals surface area contributed by atoms with E-state index in [0.717, 1.165) is 5.56 Å². The number of carboxylic acid groups (broad SMARTS) is 1. The van der Waals surface area contributed by atoms with Gasteiger partial charge in [0.2, 0.25) is 5.91 Å². The first-order valence-corrected chi connectivity index (χ1v) is 5.83. The summed E-state index contributed by atoms with van der Waals surface area (Å²) < 4.78 is 0. The van der Waals surface area contributed by atoms with E-state index < -0.39 is 12.0 Å². The maximum Gasteiger partial charge on any atom is 0.326 e. The Kier molecular flexibility index (Phi) is 5.17. The van der Waals surface area contributed by atoms with Gasteiger partial charge in [-0.2, -0.15) is 0 Å². The van der Waals surface area contributed by atoms with Gasteiger partial charge in [0.15, 0.2) is 0 Å². The lowest BCUT2D eigenvalue weighted by atomic mass is 10.1. The van der Waals surface area contributed by atoms with E-state index in [1.807, 2.05) is 6.92 Å². The highest BCUT2D eigenvalue weighted by atomic mass is 16.4. The maximum atomic E-state index is 11.4. The summed E-state index contributed by atoms with van der Waals surface area (Å²) in [7, 11) is 0. The summed E-state index contributed by atoms with van der Waals surface area (Å²) in [4.78, 5) is 22.4. The molecule has 0 saturated heterocycles. The first-order chi connectivity index (χ1) is 8.52. The predicted molar refractivity (Wildman–Crippen MR) is 66.3 cm³/mol. The molecule has 3 N–H and O–H groups in total. The summed E-state index contributed by atoms with van der Waals surface area (Å²) in [5.74, 6) is -1.20. The minimum absolute atomic E-state index is 0.126. The van der Waals surface area contributed by atoms with Crippen LogP contribution in [-0.4, -0.2) is 28.1 Å². The number of amides is 1. The smallest absolute Gasteiger partial charge is 0.326 e. The zero-order valence-corrected chi connectivity index (χ0v) is 10.2. The molecule has 0 unspecified atom stereocenters. The quantitative estimate of drug-likeness (QED) is 0.711. The van der Waals surface area contributed by atoms with Crippen LogP contribution in [0.15, 0.2) is 24.3 Å². The van der Waals surface area contributed by atoms with Crippen molar-refractivity contribution < 1.29 is 19.8 Å². The second kappa shape index (κ2) is 6.64. The van der Waals surface area contributed by atoms with Gasteiger partial charge in [0.05, 0.1) is 0 Å². The number of phenolic OH excluding ortho intramolecular Hbond substituents is 1. The lowest BCUT2D eigenvalue weighted by Crippen LogP contribution is -2.42. The number of aliphatic carboxylic acids is 1. The van der Waals surface area contributed by atoms with E-state index in [0.29, 0.717) is 12.8 Å². The molecule has 0 aliphatic heterocycles. The van der Waals surface area contributed by atoms with Gasteiger partial charge in [-0.25, -0.2) is 4.79 Å². The normalized spacial score (nSPS) is 11.8. The van der Waals surface area contributed by atoms with E-state index in [2.05, 4.69) is 5.32 Å². The SMILES string of the molecule is CCCC(=O)N[C@@H](Cc1ccc(O)cc1)C(=O)O. The molecule has 5 heteroatoms. The predicted octanol–water partition coefficient (Wildman–Crippen LogP) is 1.30. The molecule has 0 aromatic heterocycles. The second-order valence-electron chi connectivity index (χ2n) is 4.08. The number of aromatic hydroxyl groups is 1. The first kappa shape index (κ1) is 14.0. The molecule has 5 nitrogen and oxygen atoms in total. The van der Waals surface area contributed by atoms with Crippen LogP contribution >= 0.6 is 0 Å².